The van der Waals surface area contributed by atoms with Crippen LogP contribution in [-0.2, 0) is 19.9 Å². The van der Waals surface area contributed by atoms with Crippen molar-refractivity contribution in [1.82, 2.24) is 14.8 Å². The Balaban J connectivity index is 1.57. The summed E-state index contributed by atoms with van der Waals surface area (Å²) < 4.78 is 1.96. The maximum Gasteiger partial charge on any atom is 0.191 e. The molecule has 0 amide bonds. The molecule has 0 atom stereocenters. The second-order valence-electron chi connectivity index (χ2n) is 5.66. The second kappa shape index (κ2) is 8.32. The van der Waals surface area contributed by atoms with Crippen LogP contribution >= 0.6 is 23.4 Å². The molecule has 0 unspecified atom stereocenters. The SMILES string of the molecule is Cn1c(CCc2ccccc2)nnc1SCC(=O)c1ccc(Cl)cc1. The lowest BCUT2D eigenvalue weighted by Crippen LogP contribution is -2.05. The number of aromatic nitrogens is 3. The Morgan fingerprint density at radius 2 is 1.76 bits per heavy atom. The average molecular weight is 372 g/mol. The van der Waals surface area contributed by atoms with E-state index in [0.29, 0.717) is 16.3 Å². The maximum atomic E-state index is 12.2. The summed E-state index contributed by atoms with van der Waals surface area (Å²) in [6.07, 6.45) is 1.74. The number of halogens is 1. The van der Waals surface area contributed by atoms with Gasteiger partial charge in [-0.25, -0.2) is 0 Å². The summed E-state index contributed by atoms with van der Waals surface area (Å²) in [7, 11) is 1.94. The lowest BCUT2D eigenvalue weighted by atomic mass is 10.1. The lowest BCUT2D eigenvalue weighted by Gasteiger charge is -2.04. The van der Waals surface area contributed by atoms with Crippen LogP contribution in [0.5, 0.6) is 0 Å². The molecule has 1 heterocycles. The van der Waals surface area contributed by atoms with Crippen LogP contribution < -0.4 is 0 Å². The number of carbonyl (C=O) groups excluding carboxylic acids is 1. The highest BCUT2D eigenvalue weighted by molar-refractivity contribution is 7.99. The number of benzene rings is 2. The van der Waals surface area contributed by atoms with Crippen molar-refractivity contribution in [2.45, 2.75) is 18.0 Å². The Kier molecular flexibility index (Phi) is 5.89. The molecule has 128 valence electrons. The minimum Gasteiger partial charge on any atom is -0.309 e. The molecule has 4 nitrogen and oxygen atoms in total. The average Bonchev–Trinajstić information content (AvgIpc) is 2.99. The Morgan fingerprint density at radius 3 is 2.48 bits per heavy atom. The van der Waals surface area contributed by atoms with Crippen molar-refractivity contribution in [3.63, 3.8) is 0 Å². The Morgan fingerprint density at radius 1 is 1.04 bits per heavy atom. The number of nitrogens with zero attached hydrogens (tertiary/aromatic N) is 3. The predicted octanol–water partition coefficient (Wildman–Crippen LogP) is 4.23. The van der Waals surface area contributed by atoms with Gasteiger partial charge in [-0.1, -0.05) is 53.7 Å². The van der Waals surface area contributed by atoms with Gasteiger partial charge in [-0.3, -0.25) is 4.79 Å². The highest BCUT2D eigenvalue weighted by Gasteiger charge is 2.12. The van der Waals surface area contributed by atoms with E-state index in [1.54, 1.807) is 24.3 Å². The third-order valence-corrected chi connectivity index (χ3v) is 5.18. The zero-order valence-corrected chi connectivity index (χ0v) is 15.4. The third-order valence-electron chi connectivity index (χ3n) is 3.90. The molecule has 0 aliphatic rings. The van der Waals surface area contributed by atoms with Gasteiger partial charge < -0.3 is 4.57 Å². The van der Waals surface area contributed by atoms with Crippen molar-refractivity contribution >= 4 is 29.1 Å². The van der Waals surface area contributed by atoms with E-state index in [9.17, 15) is 4.79 Å². The van der Waals surface area contributed by atoms with Crippen LogP contribution in [0, 0.1) is 0 Å². The van der Waals surface area contributed by atoms with Gasteiger partial charge in [-0.05, 0) is 36.2 Å². The summed E-state index contributed by atoms with van der Waals surface area (Å²) in [5.74, 6) is 1.30. The molecular weight excluding hydrogens is 354 g/mol. The first kappa shape index (κ1) is 17.7. The van der Waals surface area contributed by atoms with E-state index in [1.165, 1.54) is 17.3 Å². The van der Waals surface area contributed by atoms with Gasteiger partial charge in [-0.15, -0.1) is 10.2 Å². The first-order valence-electron chi connectivity index (χ1n) is 7.97. The molecule has 0 fully saturated rings. The fraction of sp³-hybridized carbons (Fsp3) is 0.211. The fourth-order valence-electron chi connectivity index (χ4n) is 2.44. The first-order valence-corrected chi connectivity index (χ1v) is 9.33. The van der Waals surface area contributed by atoms with E-state index >= 15 is 0 Å². The predicted molar refractivity (Wildman–Crippen MR) is 101 cm³/mol. The molecule has 0 N–H and O–H groups in total. The molecule has 25 heavy (non-hydrogen) atoms. The molecule has 0 bridgehead atoms. The van der Waals surface area contributed by atoms with Crippen molar-refractivity contribution in [1.29, 1.82) is 0 Å². The van der Waals surface area contributed by atoms with Crippen LogP contribution in [0.1, 0.15) is 21.7 Å². The van der Waals surface area contributed by atoms with Crippen LogP contribution in [-0.4, -0.2) is 26.3 Å². The summed E-state index contributed by atoms with van der Waals surface area (Å²) in [6, 6.07) is 17.2. The number of rotatable bonds is 7. The molecule has 0 saturated heterocycles. The number of ketones is 1. The Hall–Kier alpha value is -2.11. The number of aryl methyl sites for hydroxylation is 2. The van der Waals surface area contributed by atoms with E-state index in [4.69, 9.17) is 11.6 Å². The summed E-state index contributed by atoms with van der Waals surface area (Å²) in [5, 5.41) is 9.85. The van der Waals surface area contributed by atoms with E-state index in [0.717, 1.165) is 23.8 Å². The van der Waals surface area contributed by atoms with E-state index in [2.05, 4.69) is 22.3 Å². The van der Waals surface area contributed by atoms with Crippen molar-refractivity contribution in [3.8, 4) is 0 Å². The smallest absolute Gasteiger partial charge is 0.191 e. The molecule has 3 rings (SSSR count). The van der Waals surface area contributed by atoms with Gasteiger partial charge in [-0.2, -0.15) is 0 Å². The summed E-state index contributed by atoms with van der Waals surface area (Å²) >= 11 is 7.25. The summed E-state index contributed by atoms with van der Waals surface area (Å²) in [5.41, 5.74) is 1.93. The topological polar surface area (TPSA) is 47.8 Å². The number of hydrogen-bond donors (Lipinski definition) is 0. The molecule has 0 radical (unpaired) electrons. The zero-order chi connectivity index (χ0) is 17.6. The number of hydrogen-bond acceptors (Lipinski definition) is 4. The van der Waals surface area contributed by atoms with Crippen LogP contribution in [0.15, 0.2) is 59.8 Å². The number of carbonyl (C=O) groups is 1. The Labute approximate surface area is 156 Å². The van der Waals surface area contributed by atoms with Gasteiger partial charge in [0.1, 0.15) is 5.82 Å². The molecule has 0 saturated carbocycles. The third kappa shape index (κ3) is 4.71. The van der Waals surface area contributed by atoms with E-state index in [1.807, 2.05) is 29.8 Å². The largest absolute Gasteiger partial charge is 0.309 e. The van der Waals surface area contributed by atoms with Gasteiger partial charge >= 0.3 is 0 Å². The van der Waals surface area contributed by atoms with Gasteiger partial charge in [0.05, 0.1) is 5.75 Å². The van der Waals surface area contributed by atoms with Gasteiger partial charge in [0, 0.05) is 24.1 Å². The minimum atomic E-state index is 0.0514. The number of thioether (sulfide) groups is 1. The summed E-state index contributed by atoms with van der Waals surface area (Å²) in [6.45, 7) is 0. The van der Waals surface area contributed by atoms with Crippen molar-refractivity contribution in [3.05, 3.63) is 76.6 Å². The quantitative estimate of drug-likeness (QED) is 0.460. The zero-order valence-electron chi connectivity index (χ0n) is 13.9. The van der Waals surface area contributed by atoms with Crippen molar-refractivity contribution in [2.75, 3.05) is 5.75 Å². The molecule has 0 spiro atoms. The van der Waals surface area contributed by atoms with Crippen LogP contribution in [0.25, 0.3) is 0 Å². The first-order chi connectivity index (χ1) is 12.1. The van der Waals surface area contributed by atoms with E-state index < -0.39 is 0 Å². The summed E-state index contributed by atoms with van der Waals surface area (Å²) in [4.78, 5) is 12.2. The van der Waals surface area contributed by atoms with Crippen molar-refractivity contribution in [2.24, 2.45) is 7.05 Å². The normalized spacial score (nSPS) is 10.8. The second-order valence-corrected chi connectivity index (χ2v) is 7.04. The standard InChI is InChI=1S/C19H18ClN3OS/c1-23-18(12-7-14-5-3-2-4-6-14)21-22-19(23)25-13-17(24)15-8-10-16(20)11-9-15/h2-6,8-11H,7,12-13H2,1H3. The monoisotopic (exact) mass is 371 g/mol. The Bertz CT molecular complexity index is 847. The van der Waals surface area contributed by atoms with Gasteiger partial charge in [0.2, 0.25) is 0 Å². The van der Waals surface area contributed by atoms with Crippen molar-refractivity contribution < 1.29 is 4.79 Å². The molecule has 6 heteroatoms. The van der Waals surface area contributed by atoms with Crippen LogP contribution in [0.4, 0.5) is 0 Å². The maximum absolute atomic E-state index is 12.2. The minimum absolute atomic E-state index is 0.0514. The molecular formula is C19H18ClN3OS. The number of Topliss-reactive ketones (excluding diaryl/α,β-unsaturated/α-hetero) is 1. The molecule has 2 aromatic carbocycles. The van der Waals surface area contributed by atoms with E-state index in [-0.39, 0.29) is 5.78 Å². The van der Waals surface area contributed by atoms with Gasteiger partial charge in [0.25, 0.3) is 0 Å². The highest BCUT2D eigenvalue weighted by atomic mass is 35.5. The fourth-order valence-corrected chi connectivity index (χ4v) is 3.39. The van der Waals surface area contributed by atoms with Gasteiger partial charge in [0.15, 0.2) is 10.9 Å². The highest BCUT2D eigenvalue weighted by Crippen LogP contribution is 2.19. The molecule has 3 aromatic rings. The molecule has 0 aliphatic carbocycles. The van der Waals surface area contributed by atoms with Crippen LogP contribution in [0.3, 0.4) is 0 Å². The molecule has 1 aromatic heterocycles. The molecule has 0 aliphatic heterocycles. The van der Waals surface area contributed by atoms with Crippen LogP contribution in [0.2, 0.25) is 5.02 Å². The lowest BCUT2D eigenvalue weighted by molar-refractivity contribution is 0.102.